The predicted molar refractivity (Wildman–Crippen MR) is 60.3 cm³/mol. The Kier molecular flexibility index (Phi) is 3.32. The molecule has 0 saturated carbocycles. The molecule has 1 aromatic heterocycles. The summed E-state index contributed by atoms with van der Waals surface area (Å²) in [6.45, 7) is 2.67. The van der Waals surface area contributed by atoms with Crippen LogP contribution in [-0.2, 0) is 16.0 Å². The number of ketones is 1. The number of esters is 1. The van der Waals surface area contributed by atoms with Crippen molar-refractivity contribution in [1.82, 2.24) is 10.2 Å². The van der Waals surface area contributed by atoms with Gasteiger partial charge in [-0.15, -0.1) is 0 Å². The lowest BCUT2D eigenvalue weighted by molar-refractivity contribution is -0.141. The van der Waals surface area contributed by atoms with Gasteiger partial charge in [-0.2, -0.15) is 5.10 Å². The third-order valence-electron chi connectivity index (χ3n) is 2.47. The fourth-order valence-electron chi connectivity index (χ4n) is 1.69. The molecule has 0 amide bonds. The lowest BCUT2D eigenvalue weighted by Gasteiger charge is -2.04. The number of ether oxygens (including phenoxy) is 1. The number of aliphatic imine (C=N–C) groups is 1. The molecule has 1 aromatic rings. The summed E-state index contributed by atoms with van der Waals surface area (Å²) in [5.74, 6) is -0.865. The molecule has 6 heteroatoms. The Morgan fingerprint density at radius 2 is 2.35 bits per heavy atom. The van der Waals surface area contributed by atoms with Gasteiger partial charge in [0.25, 0.3) is 0 Å². The van der Waals surface area contributed by atoms with Gasteiger partial charge in [0.15, 0.2) is 5.78 Å². The first-order valence-corrected chi connectivity index (χ1v) is 5.48. The number of hydrogen-bond acceptors (Lipinski definition) is 5. The maximum atomic E-state index is 11.8. The zero-order valence-electron chi connectivity index (χ0n) is 9.52. The largest absolute Gasteiger partial charge is 0.466 e. The first-order chi connectivity index (χ1) is 8.22. The Morgan fingerprint density at radius 3 is 3.12 bits per heavy atom. The summed E-state index contributed by atoms with van der Waals surface area (Å²) in [6, 6.07) is 0. The molecular weight excluding hydrogens is 222 g/mol. The van der Waals surface area contributed by atoms with E-state index in [9.17, 15) is 9.59 Å². The maximum Gasteiger partial charge on any atom is 0.313 e. The van der Waals surface area contributed by atoms with Crippen molar-refractivity contribution in [1.29, 1.82) is 0 Å². The lowest BCUT2D eigenvalue weighted by Crippen LogP contribution is -2.13. The van der Waals surface area contributed by atoms with Gasteiger partial charge in [0.05, 0.1) is 6.61 Å². The molecule has 2 heterocycles. The van der Waals surface area contributed by atoms with Gasteiger partial charge in [0, 0.05) is 30.4 Å². The van der Waals surface area contributed by atoms with Crippen molar-refractivity contribution in [3.05, 3.63) is 17.0 Å². The van der Waals surface area contributed by atoms with Crippen molar-refractivity contribution in [3.63, 3.8) is 0 Å². The fraction of sp³-hybridized carbons (Fsp3) is 0.455. The molecule has 0 atom stereocenters. The molecule has 6 nitrogen and oxygen atoms in total. The van der Waals surface area contributed by atoms with Crippen molar-refractivity contribution >= 4 is 18.0 Å². The lowest BCUT2D eigenvalue weighted by atomic mass is 10.1. The van der Waals surface area contributed by atoms with E-state index in [0.717, 1.165) is 12.1 Å². The van der Waals surface area contributed by atoms with Gasteiger partial charge in [-0.25, -0.2) is 0 Å². The molecule has 2 rings (SSSR count). The van der Waals surface area contributed by atoms with Crippen molar-refractivity contribution in [2.24, 2.45) is 4.99 Å². The summed E-state index contributed by atoms with van der Waals surface area (Å²) in [5.41, 5.74) is 1.87. The number of carbonyl (C=O) groups excluding carboxylic acids is 2. The Hall–Kier alpha value is -1.98. The van der Waals surface area contributed by atoms with Crippen LogP contribution in [-0.4, -0.2) is 41.3 Å². The van der Waals surface area contributed by atoms with Crippen LogP contribution in [0.2, 0.25) is 0 Å². The first kappa shape index (κ1) is 11.5. The summed E-state index contributed by atoms with van der Waals surface area (Å²) in [6.07, 6.45) is 2.09. The maximum absolute atomic E-state index is 11.8. The molecule has 0 radical (unpaired) electrons. The SMILES string of the molecule is CCOC(=O)CC(=O)c1n[nH]c2c1C=NCC2. The second-order valence-corrected chi connectivity index (χ2v) is 3.65. The minimum atomic E-state index is -0.526. The predicted octanol–water partition coefficient (Wildman–Crippen LogP) is 0.521. The van der Waals surface area contributed by atoms with Gasteiger partial charge in [0.2, 0.25) is 0 Å². The highest BCUT2D eigenvalue weighted by Crippen LogP contribution is 2.15. The number of Topliss-reactive ketones (excluding diaryl/α,β-unsaturated/α-hetero) is 1. The zero-order valence-corrected chi connectivity index (χ0v) is 9.52. The van der Waals surface area contributed by atoms with Crippen LogP contribution in [0.15, 0.2) is 4.99 Å². The molecule has 1 N–H and O–H groups in total. The van der Waals surface area contributed by atoms with Gasteiger partial charge in [0.1, 0.15) is 12.1 Å². The number of aromatic amines is 1. The number of carbonyl (C=O) groups is 2. The molecule has 1 aliphatic heterocycles. The Balaban J connectivity index is 2.13. The number of nitrogens with zero attached hydrogens (tertiary/aromatic N) is 2. The van der Waals surface area contributed by atoms with Crippen LogP contribution in [0.25, 0.3) is 0 Å². The van der Waals surface area contributed by atoms with Crippen LogP contribution in [0.3, 0.4) is 0 Å². The second kappa shape index (κ2) is 4.90. The Morgan fingerprint density at radius 1 is 1.53 bits per heavy atom. The average molecular weight is 235 g/mol. The number of fused-ring (bicyclic) bond motifs is 1. The molecule has 0 unspecified atom stereocenters. The highest BCUT2D eigenvalue weighted by molar-refractivity contribution is 6.09. The second-order valence-electron chi connectivity index (χ2n) is 3.65. The topological polar surface area (TPSA) is 84.4 Å². The van der Waals surface area contributed by atoms with E-state index < -0.39 is 5.97 Å². The van der Waals surface area contributed by atoms with Gasteiger partial charge < -0.3 is 4.74 Å². The van der Waals surface area contributed by atoms with E-state index in [2.05, 4.69) is 15.2 Å². The van der Waals surface area contributed by atoms with E-state index in [4.69, 9.17) is 4.74 Å². The summed E-state index contributed by atoms with van der Waals surface area (Å²) >= 11 is 0. The molecule has 0 aromatic carbocycles. The van der Waals surface area contributed by atoms with Gasteiger partial charge >= 0.3 is 5.97 Å². The monoisotopic (exact) mass is 235 g/mol. The van der Waals surface area contributed by atoms with E-state index in [-0.39, 0.29) is 24.5 Å². The third kappa shape index (κ3) is 2.41. The number of nitrogens with one attached hydrogen (secondary N) is 1. The Labute approximate surface area is 98.1 Å². The Bertz CT molecular complexity index is 476. The molecule has 17 heavy (non-hydrogen) atoms. The van der Waals surface area contributed by atoms with Crippen LogP contribution < -0.4 is 0 Å². The molecule has 0 saturated heterocycles. The van der Waals surface area contributed by atoms with E-state index in [0.29, 0.717) is 12.1 Å². The molecule has 0 bridgehead atoms. The highest BCUT2D eigenvalue weighted by Gasteiger charge is 2.22. The summed E-state index contributed by atoms with van der Waals surface area (Å²) < 4.78 is 4.72. The fourth-order valence-corrected chi connectivity index (χ4v) is 1.69. The van der Waals surface area contributed by atoms with Gasteiger partial charge in [-0.1, -0.05) is 0 Å². The standard InChI is InChI=1S/C11H13N3O3/c1-2-17-10(16)5-9(15)11-7-6-12-4-3-8(7)13-14-11/h6H,2-5H2,1H3,(H,13,14). The highest BCUT2D eigenvalue weighted by atomic mass is 16.5. The van der Waals surface area contributed by atoms with E-state index in [1.54, 1.807) is 13.1 Å². The van der Waals surface area contributed by atoms with Crippen LogP contribution in [0.4, 0.5) is 0 Å². The number of aromatic nitrogens is 2. The first-order valence-electron chi connectivity index (χ1n) is 5.48. The van der Waals surface area contributed by atoms with Gasteiger partial charge in [-0.05, 0) is 6.92 Å². The molecule has 0 spiro atoms. The van der Waals surface area contributed by atoms with Gasteiger partial charge in [-0.3, -0.25) is 19.7 Å². The number of hydrogen-bond donors (Lipinski definition) is 1. The van der Waals surface area contributed by atoms with Crippen molar-refractivity contribution in [3.8, 4) is 0 Å². The van der Waals surface area contributed by atoms with Crippen LogP contribution >= 0.6 is 0 Å². The molecular formula is C11H13N3O3. The van der Waals surface area contributed by atoms with Crippen molar-refractivity contribution < 1.29 is 14.3 Å². The van der Waals surface area contributed by atoms with Crippen LogP contribution in [0, 0.1) is 0 Å². The van der Waals surface area contributed by atoms with E-state index in [1.165, 1.54) is 0 Å². The number of H-pyrrole nitrogens is 1. The summed E-state index contributed by atoms with van der Waals surface area (Å²) in [5, 5.41) is 6.74. The normalized spacial score (nSPS) is 13.2. The van der Waals surface area contributed by atoms with Crippen LogP contribution in [0.1, 0.15) is 35.1 Å². The number of rotatable bonds is 4. The zero-order chi connectivity index (χ0) is 12.3. The summed E-state index contributed by atoms with van der Waals surface area (Å²) in [7, 11) is 0. The van der Waals surface area contributed by atoms with E-state index in [1.807, 2.05) is 0 Å². The van der Waals surface area contributed by atoms with E-state index >= 15 is 0 Å². The smallest absolute Gasteiger partial charge is 0.313 e. The third-order valence-corrected chi connectivity index (χ3v) is 2.47. The molecule has 1 aliphatic rings. The molecule has 0 aliphatic carbocycles. The van der Waals surface area contributed by atoms with Crippen molar-refractivity contribution in [2.45, 2.75) is 19.8 Å². The molecule has 90 valence electrons. The molecule has 0 fully saturated rings. The van der Waals surface area contributed by atoms with Crippen LogP contribution in [0.5, 0.6) is 0 Å². The average Bonchev–Trinajstić information content (AvgIpc) is 2.72. The summed E-state index contributed by atoms with van der Waals surface area (Å²) in [4.78, 5) is 27.1. The van der Waals surface area contributed by atoms with Crippen molar-refractivity contribution in [2.75, 3.05) is 13.2 Å². The quantitative estimate of drug-likeness (QED) is 0.468. The minimum absolute atomic E-state index is 0.270. The minimum Gasteiger partial charge on any atom is -0.466 e.